The Bertz CT molecular complexity index is 781. The van der Waals surface area contributed by atoms with E-state index in [1.807, 2.05) is 31.2 Å². The molecule has 0 saturated carbocycles. The molecule has 0 aliphatic heterocycles. The Kier molecular flexibility index (Phi) is 6.95. The number of amides is 1. The van der Waals surface area contributed by atoms with E-state index in [0.717, 1.165) is 25.1 Å². The maximum Gasteiger partial charge on any atom is 0.276 e. The average Bonchev–Trinajstić information content (AvgIpc) is 2.62. The fraction of sp³-hybridized carbons (Fsp3) is 0.450. The van der Waals surface area contributed by atoms with Crippen LogP contribution >= 0.6 is 0 Å². The third-order valence-corrected chi connectivity index (χ3v) is 4.24. The predicted octanol–water partition coefficient (Wildman–Crippen LogP) is 3.53. The lowest BCUT2D eigenvalue weighted by molar-refractivity contribution is 0.101. The van der Waals surface area contributed by atoms with Crippen LogP contribution < -0.4 is 15.8 Å². The van der Waals surface area contributed by atoms with Crippen LogP contribution in [-0.4, -0.2) is 28.3 Å². The highest BCUT2D eigenvalue weighted by Crippen LogP contribution is 2.20. The van der Waals surface area contributed by atoms with Crippen LogP contribution in [0.4, 0.5) is 11.4 Å². The van der Waals surface area contributed by atoms with E-state index in [1.165, 1.54) is 16.8 Å². The van der Waals surface area contributed by atoms with E-state index in [0.29, 0.717) is 18.3 Å². The van der Waals surface area contributed by atoms with Crippen LogP contribution in [-0.2, 0) is 6.54 Å². The van der Waals surface area contributed by atoms with E-state index in [1.54, 1.807) is 0 Å². The Morgan fingerprint density at radius 3 is 2.42 bits per heavy atom. The molecule has 1 amide bonds. The maximum absolute atomic E-state index is 12.4. The highest BCUT2D eigenvalue weighted by molar-refractivity contribution is 6.02. The number of nitrogens with one attached hydrogen (secondary N) is 1. The minimum atomic E-state index is -0.320. The van der Waals surface area contributed by atoms with Crippen molar-refractivity contribution in [2.75, 3.05) is 16.8 Å². The second-order valence-corrected chi connectivity index (χ2v) is 6.51. The van der Waals surface area contributed by atoms with E-state index >= 15 is 0 Å². The normalized spacial score (nSPS) is 10.8. The average molecular weight is 356 g/mol. The Balaban J connectivity index is 2.11. The number of hydrogen-bond donors (Lipinski definition) is 1. The molecule has 1 N–H and O–H groups in total. The molecule has 2 rings (SSSR count). The molecule has 6 heteroatoms. The molecule has 0 atom stereocenters. The molecule has 0 spiro atoms. The molecule has 140 valence electrons. The fourth-order valence-corrected chi connectivity index (χ4v) is 2.82. The summed E-state index contributed by atoms with van der Waals surface area (Å²) in [7, 11) is 0. The highest BCUT2D eigenvalue weighted by atomic mass is 16.2. The van der Waals surface area contributed by atoms with Crippen LogP contribution in [0, 0.1) is 0 Å². The molecule has 6 nitrogen and oxygen atoms in total. The van der Waals surface area contributed by atoms with Crippen LogP contribution in [0.25, 0.3) is 0 Å². The van der Waals surface area contributed by atoms with Crippen LogP contribution in [0.15, 0.2) is 41.2 Å². The lowest BCUT2D eigenvalue weighted by Crippen LogP contribution is -2.30. The van der Waals surface area contributed by atoms with Crippen molar-refractivity contribution in [3.63, 3.8) is 0 Å². The Morgan fingerprint density at radius 1 is 1.15 bits per heavy atom. The molecule has 1 aromatic heterocycles. The van der Waals surface area contributed by atoms with Crippen molar-refractivity contribution < 1.29 is 4.79 Å². The summed E-state index contributed by atoms with van der Waals surface area (Å²) in [6.45, 7) is 9.91. The first-order valence-corrected chi connectivity index (χ1v) is 9.22. The number of nitrogens with zero attached hydrogens (tertiary/aromatic N) is 3. The van der Waals surface area contributed by atoms with Gasteiger partial charge in [0, 0.05) is 36.6 Å². The van der Waals surface area contributed by atoms with Gasteiger partial charge in [-0.25, -0.2) is 4.68 Å². The minimum absolute atomic E-state index is 0.187. The third kappa shape index (κ3) is 4.94. The summed E-state index contributed by atoms with van der Waals surface area (Å²) in [5.41, 5.74) is 1.87. The summed E-state index contributed by atoms with van der Waals surface area (Å²) >= 11 is 0. The Labute approximate surface area is 154 Å². The summed E-state index contributed by atoms with van der Waals surface area (Å²) in [6.07, 6.45) is 1.81. The van der Waals surface area contributed by atoms with Crippen molar-refractivity contribution in [2.45, 2.75) is 53.1 Å². The van der Waals surface area contributed by atoms with Gasteiger partial charge in [0.2, 0.25) is 0 Å². The van der Waals surface area contributed by atoms with Gasteiger partial charge in [0.1, 0.15) is 5.69 Å². The number of anilines is 2. The number of carbonyl (C=O) groups excluding carboxylic acids is 1. The molecule has 0 aliphatic carbocycles. The molecule has 0 saturated heterocycles. The van der Waals surface area contributed by atoms with Crippen LogP contribution in [0.3, 0.4) is 0 Å². The largest absolute Gasteiger partial charge is 0.369 e. The van der Waals surface area contributed by atoms with E-state index in [-0.39, 0.29) is 17.2 Å². The molecule has 1 aromatic carbocycles. The highest BCUT2D eigenvalue weighted by Gasteiger charge is 2.11. The van der Waals surface area contributed by atoms with Crippen LogP contribution in [0.5, 0.6) is 0 Å². The van der Waals surface area contributed by atoms with E-state index in [4.69, 9.17) is 0 Å². The van der Waals surface area contributed by atoms with Crippen molar-refractivity contribution in [3.05, 3.63) is 52.4 Å². The zero-order chi connectivity index (χ0) is 19.1. The smallest absolute Gasteiger partial charge is 0.276 e. The number of aromatic nitrogens is 2. The van der Waals surface area contributed by atoms with Gasteiger partial charge in [-0.15, -0.1) is 0 Å². The molecule has 26 heavy (non-hydrogen) atoms. The number of aryl methyl sites for hydroxylation is 1. The second-order valence-electron chi connectivity index (χ2n) is 6.51. The van der Waals surface area contributed by atoms with Crippen molar-refractivity contribution >= 4 is 17.3 Å². The zero-order valence-electron chi connectivity index (χ0n) is 16.0. The van der Waals surface area contributed by atoms with Crippen molar-refractivity contribution in [1.29, 1.82) is 0 Å². The molecule has 1 heterocycles. The summed E-state index contributed by atoms with van der Waals surface area (Å²) < 4.78 is 1.35. The number of benzene rings is 1. The van der Waals surface area contributed by atoms with Crippen molar-refractivity contribution in [1.82, 2.24) is 9.78 Å². The van der Waals surface area contributed by atoms with Crippen molar-refractivity contribution in [3.8, 4) is 0 Å². The fourth-order valence-electron chi connectivity index (χ4n) is 2.82. The van der Waals surface area contributed by atoms with Gasteiger partial charge in [-0.05, 0) is 57.5 Å². The quantitative estimate of drug-likeness (QED) is 0.786. The van der Waals surface area contributed by atoms with E-state index < -0.39 is 0 Å². The Morgan fingerprint density at radius 2 is 1.85 bits per heavy atom. The van der Waals surface area contributed by atoms with Gasteiger partial charge in [-0.2, -0.15) is 5.10 Å². The first kappa shape index (κ1) is 19.7. The Hall–Kier alpha value is -2.63. The SMILES string of the molecule is CCCCn1nc(C(=O)Nc2ccc(N(CC)C(C)C)cc2)ccc1=O. The van der Waals surface area contributed by atoms with E-state index in [9.17, 15) is 9.59 Å². The summed E-state index contributed by atoms with van der Waals surface area (Å²) in [5.74, 6) is -0.320. The first-order chi connectivity index (χ1) is 12.5. The molecule has 0 unspecified atom stereocenters. The number of carbonyl (C=O) groups is 1. The summed E-state index contributed by atoms with van der Waals surface area (Å²) in [5, 5.41) is 7.01. The maximum atomic E-state index is 12.4. The molecule has 0 aliphatic rings. The monoisotopic (exact) mass is 356 g/mol. The van der Waals surface area contributed by atoms with E-state index in [2.05, 4.69) is 36.1 Å². The number of rotatable bonds is 8. The van der Waals surface area contributed by atoms with Crippen LogP contribution in [0.2, 0.25) is 0 Å². The molecule has 0 bridgehead atoms. The van der Waals surface area contributed by atoms with Gasteiger partial charge < -0.3 is 10.2 Å². The predicted molar refractivity (Wildman–Crippen MR) is 106 cm³/mol. The minimum Gasteiger partial charge on any atom is -0.369 e. The van der Waals surface area contributed by atoms with Crippen LogP contribution in [0.1, 0.15) is 51.0 Å². The number of unbranched alkanes of at least 4 members (excludes halogenated alkanes) is 1. The summed E-state index contributed by atoms with van der Waals surface area (Å²) in [4.78, 5) is 26.5. The topological polar surface area (TPSA) is 67.2 Å². The van der Waals surface area contributed by atoms with Gasteiger partial charge in [-0.1, -0.05) is 13.3 Å². The molecule has 2 aromatic rings. The summed E-state index contributed by atoms with van der Waals surface area (Å²) in [6, 6.07) is 11.0. The zero-order valence-corrected chi connectivity index (χ0v) is 16.0. The molecule has 0 fully saturated rings. The number of hydrogen-bond acceptors (Lipinski definition) is 4. The van der Waals surface area contributed by atoms with Gasteiger partial charge in [0.25, 0.3) is 11.5 Å². The van der Waals surface area contributed by atoms with Gasteiger partial charge >= 0.3 is 0 Å². The van der Waals surface area contributed by atoms with Crippen molar-refractivity contribution in [2.24, 2.45) is 0 Å². The standard InChI is InChI=1S/C20H28N4O2/c1-5-7-14-24-19(25)13-12-18(22-24)20(26)21-16-8-10-17(11-9-16)23(6-2)15(3)4/h8-13,15H,5-7,14H2,1-4H3,(H,21,26). The lowest BCUT2D eigenvalue weighted by atomic mass is 10.2. The lowest BCUT2D eigenvalue weighted by Gasteiger charge is -2.27. The molecular weight excluding hydrogens is 328 g/mol. The third-order valence-electron chi connectivity index (χ3n) is 4.24. The molecule has 0 radical (unpaired) electrons. The first-order valence-electron chi connectivity index (χ1n) is 9.22. The second kappa shape index (κ2) is 9.17. The van der Waals surface area contributed by atoms with Gasteiger partial charge in [-0.3, -0.25) is 9.59 Å². The molecular formula is C20H28N4O2. The van der Waals surface area contributed by atoms with Gasteiger partial charge in [0.15, 0.2) is 0 Å². The van der Waals surface area contributed by atoms with Gasteiger partial charge in [0.05, 0.1) is 0 Å².